The summed E-state index contributed by atoms with van der Waals surface area (Å²) in [4.78, 5) is 29.5. The third-order valence-corrected chi connectivity index (χ3v) is 4.90. The summed E-state index contributed by atoms with van der Waals surface area (Å²) in [6, 6.07) is 10.8. The summed E-state index contributed by atoms with van der Waals surface area (Å²) < 4.78 is 6.80. The van der Waals surface area contributed by atoms with Gasteiger partial charge in [0.1, 0.15) is 5.76 Å². The molecule has 7 heteroatoms. The van der Waals surface area contributed by atoms with Crippen molar-refractivity contribution in [1.82, 2.24) is 14.9 Å². The molecular weight excluding hydrogens is 338 g/mol. The maximum atomic E-state index is 12.6. The lowest BCUT2D eigenvalue weighted by Crippen LogP contribution is -2.31. The third kappa shape index (κ3) is 3.76. The number of thioether (sulfide) groups is 1. The molecule has 0 saturated heterocycles. The van der Waals surface area contributed by atoms with Crippen LogP contribution in [0.4, 0.5) is 0 Å². The highest BCUT2D eigenvalue weighted by Gasteiger charge is 2.19. The average Bonchev–Trinajstić information content (AvgIpc) is 3.13. The first kappa shape index (κ1) is 17.3. The molecule has 1 amide bonds. The van der Waals surface area contributed by atoms with Crippen LogP contribution in [0.2, 0.25) is 0 Å². The zero-order valence-electron chi connectivity index (χ0n) is 14.1. The lowest BCUT2D eigenvalue weighted by molar-refractivity contribution is -0.120. The zero-order chi connectivity index (χ0) is 17.8. The van der Waals surface area contributed by atoms with E-state index in [4.69, 9.17) is 4.42 Å². The number of hydrogen-bond donors (Lipinski definition) is 1. The highest BCUT2D eigenvalue weighted by Crippen LogP contribution is 2.22. The van der Waals surface area contributed by atoms with E-state index >= 15 is 0 Å². The summed E-state index contributed by atoms with van der Waals surface area (Å²) in [5, 5.41) is 3.57. The largest absolute Gasteiger partial charge is 0.467 e. The Labute approximate surface area is 149 Å². The van der Waals surface area contributed by atoms with Gasteiger partial charge < -0.3 is 9.73 Å². The van der Waals surface area contributed by atoms with E-state index in [0.29, 0.717) is 34.9 Å². The van der Waals surface area contributed by atoms with E-state index in [9.17, 15) is 9.59 Å². The smallest absolute Gasteiger partial charge is 0.262 e. The van der Waals surface area contributed by atoms with E-state index in [1.54, 1.807) is 36.0 Å². The molecule has 3 rings (SSSR count). The molecule has 2 aromatic heterocycles. The Balaban J connectivity index is 1.79. The first-order valence-electron chi connectivity index (χ1n) is 8.06. The molecule has 0 saturated carbocycles. The van der Waals surface area contributed by atoms with Crippen molar-refractivity contribution in [2.24, 2.45) is 0 Å². The summed E-state index contributed by atoms with van der Waals surface area (Å²) in [7, 11) is 0. The second-order valence-electron chi connectivity index (χ2n) is 5.52. The van der Waals surface area contributed by atoms with Gasteiger partial charge >= 0.3 is 0 Å². The van der Waals surface area contributed by atoms with Gasteiger partial charge in [-0.25, -0.2) is 4.98 Å². The maximum absolute atomic E-state index is 12.6. The van der Waals surface area contributed by atoms with Gasteiger partial charge in [0.2, 0.25) is 5.91 Å². The fraction of sp³-hybridized carbons (Fsp3) is 0.278. The van der Waals surface area contributed by atoms with Gasteiger partial charge in [0.25, 0.3) is 5.56 Å². The predicted octanol–water partition coefficient (Wildman–Crippen LogP) is 2.81. The molecule has 25 heavy (non-hydrogen) atoms. The molecule has 130 valence electrons. The van der Waals surface area contributed by atoms with Crippen molar-refractivity contribution >= 4 is 28.6 Å². The number of fused-ring (bicyclic) bond motifs is 1. The number of nitrogens with one attached hydrogen (secondary N) is 1. The molecule has 0 spiro atoms. The number of furan rings is 1. The van der Waals surface area contributed by atoms with Gasteiger partial charge in [-0.15, -0.1) is 0 Å². The molecule has 1 N–H and O–H groups in total. The number of rotatable bonds is 6. The van der Waals surface area contributed by atoms with Crippen LogP contribution in [0, 0.1) is 0 Å². The highest BCUT2D eigenvalue weighted by atomic mass is 32.2. The molecule has 0 fully saturated rings. The average molecular weight is 357 g/mol. The number of hydrogen-bond acceptors (Lipinski definition) is 5. The minimum Gasteiger partial charge on any atom is -0.467 e. The van der Waals surface area contributed by atoms with Gasteiger partial charge in [-0.2, -0.15) is 0 Å². The van der Waals surface area contributed by atoms with Crippen molar-refractivity contribution in [3.05, 3.63) is 58.8 Å². The Bertz CT molecular complexity index is 934. The summed E-state index contributed by atoms with van der Waals surface area (Å²) >= 11 is 1.28. The molecule has 0 bridgehead atoms. The van der Waals surface area contributed by atoms with Crippen molar-refractivity contribution < 1.29 is 9.21 Å². The van der Waals surface area contributed by atoms with Crippen molar-refractivity contribution in [1.29, 1.82) is 0 Å². The monoisotopic (exact) mass is 357 g/mol. The Hall–Kier alpha value is -2.54. The molecule has 1 atom stereocenters. The molecular formula is C18H19N3O3S. The van der Waals surface area contributed by atoms with E-state index in [0.717, 1.165) is 0 Å². The minimum absolute atomic E-state index is 0.0845. The normalized spacial score (nSPS) is 12.2. The number of aromatic nitrogens is 2. The summed E-state index contributed by atoms with van der Waals surface area (Å²) in [6.07, 6.45) is 1.57. The lowest BCUT2D eigenvalue weighted by atomic mass is 10.2. The summed E-state index contributed by atoms with van der Waals surface area (Å²) in [6.45, 7) is 4.52. The van der Waals surface area contributed by atoms with Crippen molar-refractivity contribution in [3.63, 3.8) is 0 Å². The van der Waals surface area contributed by atoms with Gasteiger partial charge in [-0.3, -0.25) is 14.2 Å². The van der Waals surface area contributed by atoms with Crippen LogP contribution >= 0.6 is 11.8 Å². The van der Waals surface area contributed by atoms with Crippen molar-refractivity contribution in [2.45, 2.75) is 37.3 Å². The molecule has 2 heterocycles. The molecule has 0 aliphatic rings. The maximum Gasteiger partial charge on any atom is 0.262 e. The number of carbonyl (C=O) groups is 1. The molecule has 0 unspecified atom stereocenters. The second-order valence-corrected chi connectivity index (χ2v) is 6.83. The van der Waals surface area contributed by atoms with Gasteiger partial charge in [-0.05, 0) is 38.1 Å². The summed E-state index contributed by atoms with van der Waals surface area (Å²) in [5.74, 6) is 0.561. The van der Waals surface area contributed by atoms with E-state index in [1.807, 2.05) is 25.1 Å². The molecule has 1 aromatic carbocycles. The van der Waals surface area contributed by atoms with Gasteiger partial charge in [0.05, 0.1) is 29.0 Å². The van der Waals surface area contributed by atoms with Crippen molar-refractivity contribution in [2.75, 3.05) is 0 Å². The third-order valence-electron chi connectivity index (χ3n) is 3.81. The fourth-order valence-electron chi connectivity index (χ4n) is 2.46. The Morgan fingerprint density at radius 1 is 1.32 bits per heavy atom. The van der Waals surface area contributed by atoms with Crippen LogP contribution in [0.1, 0.15) is 19.6 Å². The number of carbonyl (C=O) groups excluding carboxylic acids is 1. The minimum atomic E-state index is -0.388. The second kappa shape index (κ2) is 7.57. The molecule has 3 aromatic rings. The summed E-state index contributed by atoms with van der Waals surface area (Å²) in [5.41, 5.74) is 0.557. The number of nitrogens with zero attached hydrogens (tertiary/aromatic N) is 2. The van der Waals surface area contributed by atoms with Crippen LogP contribution in [-0.2, 0) is 17.9 Å². The van der Waals surface area contributed by atoms with Crippen LogP contribution in [0.25, 0.3) is 10.9 Å². The Kier molecular flexibility index (Phi) is 5.23. The SMILES string of the molecule is CCn1c(S[C@@H](C)C(=O)NCc2ccco2)nc2ccccc2c1=O. The lowest BCUT2D eigenvalue weighted by Gasteiger charge is -2.15. The topological polar surface area (TPSA) is 77.1 Å². The highest BCUT2D eigenvalue weighted by molar-refractivity contribution is 8.00. The fourth-order valence-corrected chi connectivity index (χ4v) is 3.46. The predicted molar refractivity (Wildman–Crippen MR) is 97.6 cm³/mol. The quantitative estimate of drug-likeness (QED) is 0.542. The molecule has 6 nitrogen and oxygen atoms in total. The Morgan fingerprint density at radius 2 is 2.12 bits per heavy atom. The van der Waals surface area contributed by atoms with E-state index in [2.05, 4.69) is 10.3 Å². The van der Waals surface area contributed by atoms with Crippen molar-refractivity contribution in [3.8, 4) is 0 Å². The number of para-hydroxylation sites is 1. The van der Waals surface area contributed by atoms with Gasteiger partial charge in [-0.1, -0.05) is 23.9 Å². The van der Waals surface area contributed by atoms with Gasteiger partial charge in [0.15, 0.2) is 5.16 Å². The molecule has 0 radical (unpaired) electrons. The van der Waals surface area contributed by atoms with Crippen LogP contribution in [0.15, 0.2) is 57.0 Å². The number of amides is 1. The molecule has 0 aliphatic carbocycles. The zero-order valence-corrected chi connectivity index (χ0v) is 14.9. The number of benzene rings is 1. The van der Waals surface area contributed by atoms with Gasteiger partial charge in [0, 0.05) is 6.54 Å². The standard InChI is InChI=1S/C18H19N3O3S/c1-3-21-17(23)14-8-4-5-9-15(14)20-18(21)25-12(2)16(22)19-11-13-7-6-10-24-13/h4-10,12H,3,11H2,1-2H3,(H,19,22)/t12-/m0/s1. The molecule has 0 aliphatic heterocycles. The van der Waals surface area contributed by atoms with Crippen LogP contribution in [0.3, 0.4) is 0 Å². The van der Waals surface area contributed by atoms with Crippen LogP contribution in [-0.4, -0.2) is 20.7 Å². The Morgan fingerprint density at radius 3 is 2.84 bits per heavy atom. The van der Waals surface area contributed by atoms with E-state index in [1.165, 1.54) is 11.8 Å². The van der Waals surface area contributed by atoms with Crippen LogP contribution in [0.5, 0.6) is 0 Å². The van der Waals surface area contributed by atoms with E-state index < -0.39 is 0 Å². The van der Waals surface area contributed by atoms with E-state index in [-0.39, 0.29) is 16.7 Å². The van der Waals surface area contributed by atoms with Crippen LogP contribution < -0.4 is 10.9 Å². The first-order chi connectivity index (χ1) is 12.1. The first-order valence-corrected chi connectivity index (χ1v) is 8.94.